The number of alkyl halides is 1. The first kappa shape index (κ1) is 13.5. The van der Waals surface area contributed by atoms with Crippen LogP contribution in [-0.4, -0.2) is 23.4 Å². The van der Waals surface area contributed by atoms with Crippen molar-refractivity contribution in [2.24, 2.45) is 5.92 Å². The largest absolute Gasteiger partial charge is 0.483 e. The monoisotopic (exact) mass is 270 g/mol. The molecule has 1 aliphatic rings. The molecule has 1 N–H and O–H groups in total. The summed E-state index contributed by atoms with van der Waals surface area (Å²) in [7, 11) is 0. The van der Waals surface area contributed by atoms with E-state index in [9.17, 15) is 5.11 Å². The highest BCUT2D eigenvalue weighted by Gasteiger charge is 2.34. The molecule has 0 amide bonds. The van der Waals surface area contributed by atoms with Crippen LogP contribution in [-0.2, 0) is 6.42 Å². The molecule has 0 aliphatic carbocycles. The summed E-state index contributed by atoms with van der Waals surface area (Å²) < 4.78 is 11.0. The molecule has 0 bridgehead atoms. The molecule has 0 saturated heterocycles. The Morgan fingerprint density at radius 2 is 2.22 bits per heavy atom. The average molecular weight is 271 g/mol. The molecule has 0 radical (unpaired) electrons. The van der Waals surface area contributed by atoms with Crippen molar-refractivity contribution < 1.29 is 14.6 Å². The molecule has 0 spiro atoms. The quantitative estimate of drug-likeness (QED) is 0.855. The summed E-state index contributed by atoms with van der Waals surface area (Å²) in [6.07, 6.45) is 2.13. The third kappa shape index (κ3) is 2.90. The Labute approximate surface area is 113 Å². The Hall–Kier alpha value is -0.930. The molecule has 0 saturated carbocycles. The third-order valence-electron chi connectivity index (χ3n) is 3.25. The van der Waals surface area contributed by atoms with E-state index in [-0.39, 0.29) is 12.5 Å². The van der Waals surface area contributed by atoms with Crippen LogP contribution in [0.4, 0.5) is 0 Å². The number of benzene rings is 1. The molecule has 1 heterocycles. The number of hydrogen-bond donors (Lipinski definition) is 1. The van der Waals surface area contributed by atoms with Crippen LogP contribution in [0, 0.1) is 5.92 Å². The van der Waals surface area contributed by atoms with Crippen LogP contribution in [0.3, 0.4) is 0 Å². The minimum absolute atomic E-state index is 0.0119. The second-order valence-electron chi connectivity index (χ2n) is 4.97. The summed E-state index contributed by atoms with van der Waals surface area (Å²) in [6, 6.07) is 5.86. The normalized spacial score (nSPS) is 23.8. The number of ether oxygens (including phenoxy) is 2. The molecule has 2 unspecified atom stereocenters. The Morgan fingerprint density at radius 3 is 2.89 bits per heavy atom. The highest BCUT2D eigenvalue weighted by atomic mass is 35.5. The zero-order valence-electron chi connectivity index (χ0n) is 10.8. The van der Waals surface area contributed by atoms with Crippen LogP contribution >= 0.6 is 11.6 Å². The minimum Gasteiger partial charge on any atom is -0.483 e. The standard InChI is InChI=1S/C14H19ClO3/c1-3-10(2)6-11-4-5-12-13(7-11)18-14(16,8-15)9-17-12/h4-5,7,10,16H,3,6,8-9H2,1-2H3. The van der Waals surface area contributed by atoms with Crippen molar-refractivity contribution >= 4 is 11.6 Å². The fourth-order valence-electron chi connectivity index (χ4n) is 1.92. The Morgan fingerprint density at radius 1 is 1.44 bits per heavy atom. The number of halogens is 1. The Kier molecular flexibility index (Phi) is 4.03. The van der Waals surface area contributed by atoms with E-state index >= 15 is 0 Å². The van der Waals surface area contributed by atoms with Crippen LogP contribution in [0.25, 0.3) is 0 Å². The summed E-state index contributed by atoms with van der Waals surface area (Å²) in [6.45, 7) is 4.45. The molecule has 0 aromatic heterocycles. The molecule has 4 heteroatoms. The van der Waals surface area contributed by atoms with Gasteiger partial charge >= 0.3 is 0 Å². The van der Waals surface area contributed by atoms with Gasteiger partial charge in [-0.25, -0.2) is 0 Å². The summed E-state index contributed by atoms with van der Waals surface area (Å²) in [4.78, 5) is 0. The van der Waals surface area contributed by atoms with Crippen molar-refractivity contribution in [2.75, 3.05) is 12.5 Å². The Bertz CT molecular complexity index is 422. The van der Waals surface area contributed by atoms with Crippen LogP contribution in [0.5, 0.6) is 11.5 Å². The van der Waals surface area contributed by atoms with Crippen LogP contribution < -0.4 is 9.47 Å². The molecule has 1 aromatic rings. The summed E-state index contributed by atoms with van der Waals surface area (Å²) in [5.41, 5.74) is 1.19. The van der Waals surface area contributed by atoms with Gasteiger partial charge in [0.15, 0.2) is 18.1 Å². The summed E-state index contributed by atoms with van der Waals surface area (Å²) >= 11 is 5.68. The molecule has 1 aliphatic heterocycles. The molecular formula is C14H19ClO3. The smallest absolute Gasteiger partial charge is 0.256 e. The zero-order chi connectivity index (χ0) is 13.2. The van der Waals surface area contributed by atoms with Gasteiger partial charge in [-0.2, -0.15) is 0 Å². The number of hydrogen-bond acceptors (Lipinski definition) is 3. The van der Waals surface area contributed by atoms with Crippen LogP contribution in [0.2, 0.25) is 0 Å². The van der Waals surface area contributed by atoms with Gasteiger partial charge in [0.25, 0.3) is 5.79 Å². The lowest BCUT2D eigenvalue weighted by molar-refractivity contribution is -0.156. The van der Waals surface area contributed by atoms with Crippen molar-refractivity contribution in [1.82, 2.24) is 0 Å². The van der Waals surface area contributed by atoms with Gasteiger partial charge in [0.2, 0.25) is 0 Å². The SMILES string of the molecule is CCC(C)Cc1ccc2c(c1)OC(O)(CCl)CO2. The minimum atomic E-state index is -1.41. The van der Waals surface area contributed by atoms with E-state index in [4.69, 9.17) is 21.1 Å². The molecule has 3 nitrogen and oxygen atoms in total. The van der Waals surface area contributed by atoms with E-state index in [1.54, 1.807) is 0 Å². The zero-order valence-corrected chi connectivity index (χ0v) is 11.5. The first-order valence-electron chi connectivity index (χ1n) is 6.29. The van der Waals surface area contributed by atoms with Gasteiger partial charge in [-0.3, -0.25) is 0 Å². The van der Waals surface area contributed by atoms with Crippen molar-refractivity contribution in [1.29, 1.82) is 0 Å². The van der Waals surface area contributed by atoms with Crippen molar-refractivity contribution in [3.05, 3.63) is 23.8 Å². The maximum absolute atomic E-state index is 9.97. The van der Waals surface area contributed by atoms with Gasteiger partial charge in [0, 0.05) is 0 Å². The van der Waals surface area contributed by atoms with Crippen molar-refractivity contribution in [2.45, 2.75) is 32.5 Å². The summed E-state index contributed by atoms with van der Waals surface area (Å²) in [5, 5.41) is 9.97. The first-order valence-corrected chi connectivity index (χ1v) is 6.83. The van der Waals surface area contributed by atoms with Crippen molar-refractivity contribution in [3.8, 4) is 11.5 Å². The van der Waals surface area contributed by atoms with E-state index in [1.165, 1.54) is 5.56 Å². The number of fused-ring (bicyclic) bond motifs is 1. The predicted molar refractivity (Wildman–Crippen MR) is 71.4 cm³/mol. The van der Waals surface area contributed by atoms with Gasteiger partial charge in [0.05, 0.1) is 5.88 Å². The van der Waals surface area contributed by atoms with E-state index in [2.05, 4.69) is 13.8 Å². The first-order chi connectivity index (χ1) is 8.56. The maximum Gasteiger partial charge on any atom is 0.256 e. The second-order valence-corrected chi connectivity index (χ2v) is 5.24. The lowest BCUT2D eigenvalue weighted by Crippen LogP contribution is -2.46. The molecule has 100 valence electrons. The number of aliphatic hydroxyl groups is 1. The fourth-order valence-corrected chi connectivity index (χ4v) is 2.05. The van der Waals surface area contributed by atoms with Crippen LogP contribution in [0.15, 0.2) is 18.2 Å². The molecule has 2 rings (SSSR count). The van der Waals surface area contributed by atoms with Gasteiger partial charge < -0.3 is 14.6 Å². The van der Waals surface area contributed by atoms with E-state index < -0.39 is 5.79 Å². The fraction of sp³-hybridized carbons (Fsp3) is 0.571. The van der Waals surface area contributed by atoms with Gasteiger partial charge in [-0.1, -0.05) is 26.3 Å². The lowest BCUT2D eigenvalue weighted by atomic mass is 9.98. The van der Waals surface area contributed by atoms with Crippen molar-refractivity contribution in [3.63, 3.8) is 0 Å². The highest BCUT2D eigenvalue weighted by Crippen LogP contribution is 2.36. The topological polar surface area (TPSA) is 38.7 Å². The molecule has 18 heavy (non-hydrogen) atoms. The molecule has 1 aromatic carbocycles. The second kappa shape index (κ2) is 5.37. The molecule has 2 atom stereocenters. The van der Waals surface area contributed by atoms with Gasteiger partial charge in [-0.05, 0) is 30.0 Å². The van der Waals surface area contributed by atoms with E-state index in [0.29, 0.717) is 17.4 Å². The highest BCUT2D eigenvalue weighted by molar-refractivity contribution is 6.18. The maximum atomic E-state index is 9.97. The van der Waals surface area contributed by atoms with Gasteiger partial charge in [0.1, 0.15) is 0 Å². The average Bonchev–Trinajstić information content (AvgIpc) is 2.38. The Balaban J connectivity index is 2.18. The molecular weight excluding hydrogens is 252 g/mol. The lowest BCUT2D eigenvalue weighted by Gasteiger charge is -2.32. The third-order valence-corrected chi connectivity index (χ3v) is 3.67. The molecule has 0 fully saturated rings. The number of rotatable bonds is 4. The summed E-state index contributed by atoms with van der Waals surface area (Å²) in [5.74, 6) is 0.438. The van der Waals surface area contributed by atoms with E-state index in [0.717, 1.165) is 12.8 Å². The van der Waals surface area contributed by atoms with Crippen LogP contribution in [0.1, 0.15) is 25.8 Å². The van der Waals surface area contributed by atoms with Gasteiger partial charge in [-0.15, -0.1) is 11.6 Å². The van der Waals surface area contributed by atoms with E-state index in [1.807, 2.05) is 18.2 Å². The predicted octanol–water partition coefficient (Wildman–Crippen LogP) is 2.97.